The Morgan fingerprint density at radius 3 is 2.68 bits per heavy atom. The van der Waals surface area contributed by atoms with Gasteiger partial charge in [0.25, 0.3) is 0 Å². The highest BCUT2D eigenvalue weighted by molar-refractivity contribution is 5.97. The monoisotopic (exact) mass is 343 g/mol. The zero-order valence-corrected chi connectivity index (χ0v) is 13.5. The van der Waals surface area contributed by atoms with Crippen molar-refractivity contribution in [2.24, 2.45) is 0 Å². The van der Waals surface area contributed by atoms with E-state index < -0.39 is 17.8 Å². The lowest BCUT2D eigenvalue weighted by molar-refractivity contribution is 0.0526. The van der Waals surface area contributed by atoms with Crippen molar-refractivity contribution < 1.29 is 23.5 Å². The van der Waals surface area contributed by atoms with E-state index in [1.54, 1.807) is 19.1 Å². The number of nitrogens with zero attached hydrogens (tertiary/aromatic N) is 3. The van der Waals surface area contributed by atoms with Crippen LogP contribution in [0.2, 0.25) is 0 Å². The Morgan fingerprint density at radius 1 is 1.24 bits per heavy atom. The molecule has 128 valence electrons. The molecular weight excluding hydrogens is 329 g/mol. The largest absolute Gasteiger partial charge is 0.464 e. The summed E-state index contributed by atoms with van der Waals surface area (Å²) in [5.74, 6) is -1.83. The molecular formula is C17H14FN3O4. The molecule has 0 aliphatic rings. The third kappa shape index (κ3) is 2.93. The minimum absolute atomic E-state index is 0.0151. The smallest absolute Gasteiger partial charge is 0.356 e. The second kappa shape index (κ2) is 6.68. The van der Waals surface area contributed by atoms with Crippen LogP contribution in [0.3, 0.4) is 0 Å². The fraction of sp³-hybridized carbons (Fsp3) is 0.176. The molecule has 3 aromatic rings. The van der Waals surface area contributed by atoms with Crippen LogP contribution in [0.25, 0.3) is 16.9 Å². The predicted molar refractivity (Wildman–Crippen MR) is 85.7 cm³/mol. The van der Waals surface area contributed by atoms with E-state index in [0.29, 0.717) is 0 Å². The summed E-state index contributed by atoms with van der Waals surface area (Å²) in [4.78, 5) is 28.5. The summed E-state index contributed by atoms with van der Waals surface area (Å²) in [6.07, 6.45) is 1.25. The van der Waals surface area contributed by atoms with Crippen molar-refractivity contribution >= 4 is 17.6 Å². The Balaban J connectivity index is 2.29. The minimum Gasteiger partial charge on any atom is -0.464 e. The number of carbonyl (C=O) groups is 2. The summed E-state index contributed by atoms with van der Waals surface area (Å²) in [6, 6.07) is 7.35. The van der Waals surface area contributed by atoms with Crippen molar-refractivity contribution in [3.05, 3.63) is 53.6 Å². The molecule has 0 saturated carbocycles. The van der Waals surface area contributed by atoms with Crippen molar-refractivity contribution in [3.8, 4) is 11.3 Å². The summed E-state index contributed by atoms with van der Waals surface area (Å²) in [6.45, 7) is 1.84. The molecule has 7 nitrogen and oxygen atoms in total. The van der Waals surface area contributed by atoms with Gasteiger partial charge in [-0.1, -0.05) is 12.1 Å². The quantitative estimate of drug-likeness (QED) is 0.677. The van der Waals surface area contributed by atoms with E-state index in [0.717, 1.165) is 0 Å². The fourth-order valence-electron chi connectivity index (χ4n) is 2.37. The molecule has 8 heteroatoms. The average molecular weight is 343 g/mol. The number of halogens is 1. The maximum absolute atomic E-state index is 14.1. The molecule has 2 heterocycles. The van der Waals surface area contributed by atoms with Crippen molar-refractivity contribution in [1.29, 1.82) is 0 Å². The summed E-state index contributed by atoms with van der Waals surface area (Å²) in [7, 11) is 1.22. The van der Waals surface area contributed by atoms with Crippen LogP contribution in [-0.2, 0) is 9.47 Å². The molecule has 0 radical (unpaired) electrons. The normalized spacial score (nSPS) is 10.7. The molecule has 2 aromatic heterocycles. The Bertz CT molecular complexity index is 968. The molecule has 0 saturated heterocycles. The number of hydrogen-bond donors (Lipinski definition) is 0. The molecule has 0 aliphatic carbocycles. The van der Waals surface area contributed by atoms with Gasteiger partial charge < -0.3 is 9.47 Å². The molecule has 0 spiro atoms. The summed E-state index contributed by atoms with van der Waals surface area (Å²) in [5, 5.41) is 4.01. The van der Waals surface area contributed by atoms with E-state index in [1.165, 1.54) is 36.0 Å². The van der Waals surface area contributed by atoms with E-state index in [2.05, 4.69) is 10.1 Å². The van der Waals surface area contributed by atoms with Crippen molar-refractivity contribution in [1.82, 2.24) is 14.6 Å². The molecule has 0 bridgehead atoms. The first kappa shape index (κ1) is 16.6. The van der Waals surface area contributed by atoms with Crippen LogP contribution in [0.1, 0.15) is 27.8 Å². The zero-order valence-electron chi connectivity index (χ0n) is 13.5. The van der Waals surface area contributed by atoms with Crippen LogP contribution in [-0.4, -0.2) is 40.3 Å². The molecule has 25 heavy (non-hydrogen) atoms. The fourth-order valence-corrected chi connectivity index (χ4v) is 2.37. The average Bonchev–Trinajstić information content (AvgIpc) is 3.05. The van der Waals surface area contributed by atoms with Gasteiger partial charge in [-0.3, -0.25) is 0 Å². The van der Waals surface area contributed by atoms with Crippen LogP contribution >= 0.6 is 0 Å². The van der Waals surface area contributed by atoms with E-state index in [-0.39, 0.29) is 34.8 Å². The Morgan fingerprint density at radius 2 is 2.00 bits per heavy atom. The number of fused-ring (bicyclic) bond motifs is 1. The third-order valence-electron chi connectivity index (χ3n) is 3.51. The lowest BCUT2D eigenvalue weighted by atomic mass is 10.1. The zero-order chi connectivity index (χ0) is 18.0. The van der Waals surface area contributed by atoms with Gasteiger partial charge in [-0.05, 0) is 25.1 Å². The number of ether oxygens (including phenoxy) is 2. The maximum Gasteiger partial charge on any atom is 0.356 e. The van der Waals surface area contributed by atoms with Gasteiger partial charge in [0, 0.05) is 5.56 Å². The molecule has 0 fully saturated rings. The number of benzene rings is 1. The van der Waals surface area contributed by atoms with Crippen LogP contribution in [0.5, 0.6) is 0 Å². The van der Waals surface area contributed by atoms with Gasteiger partial charge in [-0.15, -0.1) is 0 Å². The highest BCUT2D eigenvalue weighted by Gasteiger charge is 2.22. The SMILES string of the molecule is CCOC(=O)c1cnn2c(C(=O)OC)cc(-c3ccccc3F)nc12. The molecule has 0 atom stereocenters. The van der Waals surface area contributed by atoms with Crippen molar-refractivity contribution in [2.75, 3.05) is 13.7 Å². The van der Waals surface area contributed by atoms with Crippen molar-refractivity contribution in [2.45, 2.75) is 6.92 Å². The minimum atomic E-state index is -0.691. The van der Waals surface area contributed by atoms with Gasteiger partial charge >= 0.3 is 11.9 Å². The second-order valence-electron chi connectivity index (χ2n) is 5.01. The number of aromatic nitrogens is 3. The predicted octanol–water partition coefficient (Wildman–Crippen LogP) is 2.50. The Hall–Kier alpha value is -3.29. The topological polar surface area (TPSA) is 82.8 Å². The first-order chi connectivity index (χ1) is 12.1. The van der Waals surface area contributed by atoms with Gasteiger partial charge in [0.05, 0.1) is 25.6 Å². The molecule has 0 amide bonds. The van der Waals surface area contributed by atoms with E-state index >= 15 is 0 Å². The Labute approximate surface area is 142 Å². The lowest BCUT2D eigenvalue weighted by Gasteiger charge is -2.08. The highest BCUT2D eigenvalue weighted by atomic mass is 19.1. The summed E-state index contributed by atoms with van der Waals surface area (Å²) >= 11 is 0. The standard InChI is InChI=1S/C17H14FN3O4/c1-3-25-16(22)11-9-19-21-14(17(23)24-2)8-13(20-15(11)21)10-6-4-5-7-12(10)18/h4-9H,3H2,1-2H3. The van der Waals surface area contributed by atoms with Crippen LogP contribution < -0.4 is 0 Å². The molecule has 1 aromatic carbocycles. The number of esters is 2. The number of methoxy groups -OCH3 is 1. The van der Waals surface area contributed by atoms with E-state index in [9.17, 15) is 14.0 Å². The maximum atomic E-state index is 14.1. The van der Waals surface area contributed by atoms with Gasteiger partial charge in [0.15, 0.2) is 11.3 Å². The lowest BCUT2D eigenvalue weighted by Crippen LogP contribution is -2.12. The molecule has 0 aliphatic heterocycles. The number of rotatable bonds is 4. The number of hydrogen-bond acceptors (Lipinski definition) is 6. The first-order valence-electron chi connectivity index (χ1n) is 7.46. The van der Waals surface area contributed by atoms with Gasteiger partial charge in [-0.2, -0.15) is 5.10 Å². The van der Waals surface area contributed by atoms with Gasteiger partial charge in [0.2, 0.25) is 0 Å². The Kier molecular flexibility index (Phi) is 4.42. The molecule has 0 unspecified atom stereocenters. The summed E-state index contributed by atoms with van der Waals surface area (Å²) in [5.41, 5.74) is 0.536. The van der Waals surface area contributed by atoms with Crippen LogP contribution in [0.4, 0.5) is 4.39 Å². The van der Waals surface area contributed by atoms with E-state index in [1.807, 2.05) is 0 Å². The highest BCUT2D eigenvalue weighted by Crippen LogP contribution is 2.24. The van der Waals surface area contributed by atoms with Crippen molar-refractivity contribution in [3.63, 3.8) is 0 Å². The van der Waals surface area contributed by atoms with Crippen LogP contribution in [0, 0.1) is 5.82 Å². The van der Waals surface area contributed by atoms with Gasteiger partial charge in [-0.25, -0.2) is 23.5 Å². The summed E-state index contributed by atoms with van der Waals surface area (Å²) < 4.78 is 25.0. The second-order valence-corrected chi connectivity index (χ2v) is 5.01. The number of carbonyl (C=O) groups excluding carboxylic acids is 2. The first-order valence-corrected chi connectivity index (χ1v) is 7.46. The van der Waals surface area contributed by atoms with Crippen LogP contribution in [0.15, 0.2) is 36.5 Å². The van der Waals surface area contributed by atoms with Gasteiger partial charge in [0.1, 0.15) is 11.4 Å². The molecule has 0 N–H and O–H groups in total. The van der Waals surface area contributed by atoms with E-state index in [4.69, 9.17) is 9.47 Å². The molecule has 3 rings (SSSR count). The third-order valence-corrected chi connectivity index (χ3v) is 3.51.